The van der Waals surface area contributed by atoms with Gasteiger partial charge in [0.2, 0.25) is 11.8 Å². The zero-order valence-corrected chi connectivity index (χ0v) is 20.6. The zero-order chi connectivity index (χ0) is 27.1. The van der Waals surface area contributed by atoms with Crippen molar-refractivity contribution in [1.29, 1.82) is 0 Å². The first-order chi connectivity index (χ1) is 18.1. The number of piperazine rings is 1. The summed E-state index contributed by atoms with van der Waals surface area (Å²) in [5, 5.41) is 9.39. The number of ketones is 1. The number of carbonyl (C=O) groups excluding carboxylic acids is 2. The van der Waals surface area contributed by atoms with Crippen LogP contribution in [0, 0.1) is 5.82 Å². The van der Waals surface area contributed by atoms with Gasteiger partial charge in [-0.2, -0.15) is 18.3 Å². The minimum atomic E-state index is -4.55. The Labute approximate surface area is 215 Å². The van der Waals surface area contributed by atoms with Crippen LogP contribution in [0.25, 0.3) is 11.0 Å². The first-order valence-electron chi connectivity index (χ1n) is 12.4. The number of aromatic amines is 1. The largest absolute Gasteiger partial charge is 0.474 e. The highest BCUT2D eigenvalue weighted by molar-refractivity contribution is 5.90. The highest BCUT2D eigenvalue weighted by Crippen LogP contribution is 2.48. The molecule has 2 fully saturated rings. The third-order valence-corrected chi connectivity index (χ3v) is 7.51. The summed E-state index contributed by atoms with van der Waals surface area (Å²) in [5.41, 5.74) is 0.835. The molecule has 0 bridgehead atoms. The van der Waals surface area contributed by atoms with E-state index in [1.54, 1.807) is 24.4 Å². The number of aryl methyl sites for hydroxylation is 1. The predicted molar refractivity (Wildman–Crippen MR) is 129 cm³/mol. The van der Waals surface area contributed by atoms with Crippen molar-refractivity contribution in [3.05, 3.63) is 53.5 Å². The maximum absolute atomic E-state index is 15.2. The van der Waals surface area contributed by atoms with E-state index in [1.807, 2.05) is 0 Å². The Morgan fingerprint density at radius 3 is 2.74 bits per heavy atom. The van der Waals surface area contributed by atoms with E-state index >= 15 is 4.39 Å². The minimum Gasteiger partial charge on any atom is -0.474 e. The van der Waals surface area contributed by atoms with Crippen molar-refractivity contribution in [1.82, 2.24) is 25.4 Å². The number of rotatable bonds is 7. The number of carbonyl (C=O) groups is 2. The summed E-state index contributed by atoms with van der Waals surface area (Å²) in [6, 6.07) is 5.90. The molecule has 3 aromatic rings. The quantitative estimate of drug-likeness (QED) is 0.452. The van der Waals surface area contributed by atoms with Crippen molar-refractivity contribution in [3.63, 3.8) is 0 Å². The molecule has 1 saturated heterocycles. The molecule has 2 aromatic heterocycles. The summed E-state index contributed by atoms with van der Waals surface area (Å²) in [6.45, 7) is 1.23. The van der Waals surface area contributed by atoms with Crippen molar-refractivity contribution in [2.45, 2.75) is 56.3 Å². The Balaban J connectivity index is 1.32. The van der Waals surface area contributed by atoms with Gasteiger partial charge in [0.25, 0.3) is 0 Å². The van der Waals surface area contributed by atoms with Gasteiger partial charge in [0.05, 0.1) is 17.1 Å². The Hall–Kier alpha value is -3.54. The van der Waals surface area contributed by atoms with Gasteiger partial charge < -0.3 is 15.0 Å². The van der Waals surface area contributed by atoms with Crippen LogP contribution in [0.2, 0.25) is 0 Å². The molecule has 8 nitrogen and oxygen atoms in total. The van der Waals surface area contributed by atoms with Gasteiger partial charge in [-0.05, 0) is 31.0 Å². The maximum Gasteiger partial charge on any atom is 0.410 e. The van der Waals surface area contributed by atoms with Crippen molar-refractivity contribution in [3.8, 4) is 5.88 Å². The number of pyridine rings is 1. The lowest BCUT2D eigenvalue weighted by molar-refractivity contribution is -0.192. The Morgan fingerprint density at radius 2 is 2.00 bits per heavy atom. The van der Waals surface area contributed by atoms with Crippen LogP contribution >= 0.6 is 0 Å². The maximum atomic E-state index is 15.2. The zero-order valence-electron chi connectivity index (χ0n) is 20.6. The summed E-state index contributed by atoms with van der Waals surface area (Å²) in [4.78, 5) is 30.9. The third-order valence-electron chi connectivity index (χ3n) is 7.51. The lowest BCUT2D eigenvalue weighted by Crippen LogP contribution is -2.59. The normalized spacial score (nSPS) is 23.8. The number of fused-ring (bicyclic) bond motifs is 1. The van der Waals surface area contributed by atoms with Crippen LogP contribution in [-0.2, 0) is 21.4 Å². The summed E-state index contributed by atoms with van der Waals surface area (Å²) < 4.78 is 61.5. The smallest absolute Gasteiger partial charge is 0.410 e. The highest BCUT2D eigenvalue weighted by Gasteiger charge is 2.53. The fourth-order valence-electron chi connectivity index (χ4n) is 5.51. The van der Waals surface area contributed by atoms with Gasteiger partial charge in [0, 0.05) is 50.5 Å². The number of nitrogens with one attached hydrogen (secondary N) is 2. The summed E-state index contributed by atoms with van der Waals surface area (Å²) in [7, 11) is 0. The lowest BCUT2D eigenvalue weighted by atomic mass is 9.59. The second-order valence-corrected chi connectivity index (χ2v) is 9.86. The van der Waals surface area contributed by atoms with Crippen molar-refractivity contribution >= 4 is 22.7 Å². The summed E-state index contributed by atoms with van der Waals surface area (Å²) in [5.74, 6) is -1.13. The molecular formula is C26H27F4N5O3. The van der Waals surface area contributed by atoms with Crippen LogP contribution in [-0.4, -0.2) is 69.7 Å². The highest BCUT2D eigenvalue weighted by atomic mass is 19.4. The number of benzene rings is 1. The third kappa shape index (κ3) is 4.84. The van der Waals surface area contributed by atoms with Gasteiger partial charge in [-0.25, -0.2) is 9.37 Å². The number of ether oxygens (including phenoxy) is 1. The Morgan fingerprint density at radius 1 is 1.21 bits per heavy atom. The lowest BCUT2D eigenvalue weighted by Gasteiger charge is -2.46. The fraction of sp³-hybridized carbons (Fsp3) is 0.462. The number of nitrogens with zero attached hydrogens (tertiary/aromatic N) is 3. The number of H-pyrrole nitrogens is 1. The van der Waals surface area contributed by atoms with E-state index in [1.165, 1.54) is 19.1 Å². The van der Waals surface area contributed by atoms with Gasteiger partial charge in [0.1, 0.15) is 29.3 Å². The summed E-state index contributed by atoms with van der Waals surface area (Å²) in [6.07, 6.45) is -3.17. The number of halogens is 4. The molecule has 12 heteroatoms. The van der Waals surface area contributed by atoms with Gasteiger partial charge in [-0.1, -0.05) is 12.1 Å². The van der Waals surface area contributed by atoms with Gasteiger partial charge >= 0.3 is 6.18 Å². The van der Waals surface area contributed by atoms with Gasteiger partial charge in [-0.3, -0.25) is 14.7 Å². The molecule has 3 heterocycles. The van der Waals surface area contributed by atoms with Crippen LogP contribution in [0.3, 0.4) is 0 Å². The van der Waals surface area contributed by atoms with E-state index in [2.05, 4.69) is 20.5 Å². The average molecular weight is 534 g/mol. The first-order valence-corrected chi connectivity index (χ1v) is 12.4. The molecule has 1 aromatic carbocycles. The molecule has 1 aliphatic heterocycles. The molecule has 0 spiro atoms. The molecule has 2 N–H and O–H groups in total. The van der Waals surface area contributed by atoms with E-state index in [-0.39, 0.29) is 56.7 Å². The molecule has 1 unspecified atom stereocenters. The van der Waals surface area contributed by atoms with Crippen LogP contribution in [0.15, 0.2) is 36.5 Å². The Bertz CT molecular complexity index is 1350. The van der Waals surface area contributed by atoms with Crippen LogP contribution < -0.4 is 10.1 Å². The second kappa shape index (κ2) is 9.97. The van der Waals surface area contributed by atoms with E-state index in [9.17, 15) is 22.8 Å². The molecule has 1 aliphatic carbocycles. The van der Waals surface area contributed by atoms with E-state index < -0.39 is 35.5 Å². The van der Waals surface area contributed by atoms with Crippen molar-refractivity contribution in [2.24, 2.45) is 0 Å². The molecule has 38 heavy (non-hydrogen) atoms. The topological polar surface area (TPSA) is 100 Å². The van der Waals surface area contributed by atoms with E-state index in [4.69, 9.17) is 4.74 Å². The fourth-order valence-corrected chi connectivity index (χ4v) is 5.51. The standard InChI is InChI=1S/C26H27F4N5O3/c1-15(36)25(11-17(12-25)38-22-7-6-19-20(33-22)13-32-34-19)24-16(3-2-4-18(24)27)5-8-23(37)35-10-9-31-14-21(35)26(28,29)30/h2-4,6-7,13,17,21,31H,5,8-12,14H2,1H3,(H,32,34). The van der Waals surface area contributed by atoms with Gasteiger partial charge in [-0.15, -0.1) is 0 Å². The number of hydrogen-bond acceptors (Lipinski definition) is 6. The molecule has 0 radical (unpaired) electrons. The van der Waals surface area contributed by atoms with E-state index in [0.29, 0.717) is 17.0 Å². The molecule has 202 valence electrons. The first kappa shape index (κ1) is 26.1. The van der Waals surface area contributed by atoms with Crippen molar-refractivity contribution < 1.29 is 31.9 Å². The number of aromatic nitrogens is 3. The molecular weight excluding hydrogens is 506 g/mol. The van der Waals surface area contributed by atoms with E-state index in [0.717, 1.165) is 10.4 Å². The number of Topliss-reactive ketones (excluding diaryl/α,β-unsaturated/α-hetero) is 1. The predicted octanol–water partition coefficient (Wildman–Crippen LogP) is 3.46. The second-order valence-electron chi connectivity index (χ2n) is 9.86. The summed E-state index contributed by atoms with van der Waals surface area (Å²) >= 11 is 0. The molecule has 1 saturated carbocycles. The minimum absolute atomic E-state index is 0.0136. The van der Waals surface area contributed by atoms with Gasteiger partial charge in [0.15, 0.2) is 0 Å². The number of hydrogen-bond donors (Lipinski definition) is 2. The molecule has 2 aliphatic rings. The molecule has 1 atom stereocenters. The number of amides is 1. The average Bonchev–Trinajstić information content (AvgIpc) is 3.32. The SMILES string of the molecule is CC(=O)C1(c2c(F)cccc2CCC(=O)N2CCNCC2C(F)(F)F)CC(Oc2ccc3[nH]ncc3n2)C1. The Kier molecular flexibility index (Phi) is 6.84. The number of alkyl halides is 3. The van der Waals surface area contributed by atoms with Crippen LogP contribution in [0.5, 0.6) is 5.88 Å². The van der Waals surface area contributed by atoms with Crippen LogP contribution in [0.4, 0.5) is 17.6 Å². The molecule has 1 amide bonds. The van der Waals surface area contributed by atoms with Crippen LogP contribution in [0.1, 0.15) is 37.3 Å². The van der Waals surface area contributed by atoms with Crippen molar-refractivity contribution in [2.75, 3.05) is 19.6 Å². The molecule has 5 rings (SSSR count). The monoisotopic (exact) mass is 533 g/mol.